The average Bonchev–Trinajstić information content (AvgIpc) is 3.13. The van der Waals surface area contributed by atoms with Crippen LogP contribution in [0.3, 0.4) is 0 Å². The highest BCUT2D eigenvalue weighted by Gasteiger charge is 2.14. The van der Waals surface area contributed by atoms with Crippen LogP contribution in [0.4, 0.5) is 5.69 Å². The van der Waals surface area contributed by atoms with E-state index in [1.54, 1.807) is 41.8 Å². The van der Waals surface area contributed by atoms with Crippen LogP contribution in [0.2, 0.25) is 0 Å². The third-order valence-corrected chi connectivity index (χ3v) is 5.47. The second kappa shape index (κ2) is 9.05. The zero-order valence-electron chi connectivity index (χ0n) is 17.5. The maximum Gasteiger partial charge on any atom is 0.271 e. The number of nitrogens with zero attached hydrogens (tertiary/aromatic N) is 1. The fourth-order valence-electron chi connectivity index (χ4n) is 2.77. The molecule has 0 spiro atoms. The quantitative estimate of drug-likeness (QED) is 0.431. The SMILES string of the molecule is Cc1ccc(C=NNC(=O)c2ccc(NC(=O)c3ccc(C(C)(C)C)cc3)cc2)s1. The Morgan fingerprint density at radius 1 is 0.867 bits per heavy atom. The lowest BCUT2D eigenvalue weighted by atomic mass is 9.87. The second-order valence-electron chi connectivity index (χ2n) is 8.01. The van der Waals surface area contributed by atoms with E-state index in [4.69, 9.17) is 0 Å². The van der Waals surface area contributed by atoms with Gasteiger partial charge in [-0.1, -0.05) is 32.9 Å². The number of aryl methyl sites for hydroxylation is 1. The number of thiophene rings is 1. The molecule has 2 N–H and O–H groups in total. The third-order valence-electron chi connectivity index (χ3n) is 4.54. The molecule has 3 aromatic rings. The van der Waals surface area contributed by atoms with Gasteiger partial charge in [0.05, 0.1) is 6.21 Å². The van der Waals surface area contributed by atoms with Crippen molar-refractivity contribution in [1.82, 2.24) is 5.43 Å². The Hall–Kier alpha value is -3.25. The highest BCUT2D eigenvalue weighted by atomic mass is 32.1. The lowest BCUT2D eigenvalue weighted by molar-refractivity contribution is 0.0954. The number of anilines is 1. The van der Waals surface area contributed by atoms with Crippen LogP contribution in [-0.2, 0) is 5.41 Å². The van der Waals surface area contributed by atoms with Crippen LogP contribution in [-0.4, -0.2) is 18.0 Å². The van der Waals surface area contributed by atoms with Gasteiger partial charge in [-0.2, -0.15) is 5.10 Å². The van der Waals surface area contributed by atoms with E-state index in [9.17, 15) is 9.59 Å². The smallest absolute Gasteiger partial charge is 0.271 e. The first kappa shape index (κ1) is 21.5. The number of rotatable bonds is 5. The first-order valence-corrected chi connectivity index (χ1v) is 10.5. The zero-order valence-corrected chi connectivity index (χ0v) is 18.3. The highest BCUT2D eigenvalue weighted by Crippen LogP contribution is 2.22. The molecule has 30 heavy (non-hydrogen) atoms. The van der Waals surface area contributed by atoms with Crippen molar-refractivity contribution in [2.45, 2.75) is 33.1 Å². The molecule has 2 aromatic carbocycles. The predicted octanol–water partition coefficient (Wildman–Crippen LogP) is 5.37. The molecule has 0 aliphatic rings. The van der Waals surface area contributed by atoms with Gasteiger partial charge in [0.15, 0.2) is 0 Å². The summed E-state index contributed by atoms with van der Waals surface area (Å²) in [5.74, 6) is -0.501. The largest absolute Gasteiger partial charge is 0.322 e. The van der Waals surface area contributed by atoms with Crippen molar-refractivity contribution in [3.05, 3.63) is 87.1 Å². The number of benzene rings is 2. The van der Waals surface area contributed by atoms with Gasteiger partial charge in [0, 0.05) is 26.6 Å². The summed E-state index contributed by atoms with van der Waals surface area (Å²) in [6.45, 7) is 8.42. The molecule has 0 aliphatic heterocycles. The molecule has 3 rings (SSSR count). The third kappa shape index (κ3) is 5.64. The van der Waals surface area contributed by atoms with Crippen LogP contribution in [0.15, 0.2) is 65.8 Å². The minimum absolute atomic E-state index is 0.0399. The van der Waals surface area contributed by atoms with Crippen LogP contribution in [0, 0.1) is 6.92 Å². The van der Waals surface area contributed by atoms with Crippen LogP contribution in [0.1, 0.15) is 56.8 Å². The summed E-state index contributed by atoms with van der Waals surface area (Å²) in [6, 6.07) is 18.2. The fraction of sp³-hybridized carbons (Fsp3) is 0.208. The monoisotopic (exact) mass is 419 g/mol. The molecule has 0 radical (unpaired) electrons. The van der Waals surface area contributed by atoms with Crippen LogP contribution in [0.25, 0.3) is 0 Å². The molecular weight excluding hydrogens is 394 g/mol. The summed E-state index contributed by atoms with van der Waals surface area (Å²) in [4.78, 5) is 26.8. The number of hydrogen-bond donors (Lipinski definition) is 2. The predicted molar refractivity (Wildman–Crippen MR) is 124 cm³/mol. The number of carbonyl (C=O) groups excluding carboxylic acids is 2. The molecule has 2 amide bonds. The van der Waals surface area contributed by atoms with E-state index in [1.165, 1.54) is 10.4 Å². The van der Waals surface area contributed by atoms with Gasteiger partial charge in [-0.3, -0.25) is 9.59 Å². The maximum absolute atomic E-state index is 12.5. The lowest BCUT2D eigenvalue weighted by Gasteiger charge is -2.19. The normalized spacial score (nSPS) is 11.5. The Labute approximate surface area is 180 Å². The van der Waals surface area contributed by atoms with Gasteiger partial charge < -0.3 is 5.32 Å². The van der Waals surface area contributed by atoms with Crippen LogP contribution < -0.4 is 10.7 Å². The Morgan fingerprint density at radius 3 is 2.03 bits per heavy atom. The standard InChI is InChI=1S/C24H25N3O2S/c1-16-5-14-21(30-16)15-25-27-23(29)18-8-12-20(13-9-18)26-22(28)17-6-10-19(11-7-17)24(2,3)4/h5-15H,1-4H3,(H,26,28)(H,27,29). The molecule has 154 valence electrons. The lowest BCUT2D eigenvalue weighted by Crippen LogP contribution is -2.18. The van der Waals surface area contributed by atoms with Gasteiger partial charge in [0.1, 0.15) is 0 Å². The fourth-order valence-corrected chi connectivity index (χ4v) is 3.52. The van der Waals surface area contributed by atoms with Crippen LogP contribution >= 0.6 is 11.3 Å². The number of hydrogen-bond acceptors (Lipinski definition) is 4. The number of carbonyl (C=O) groups is 2. The molecule has 0 atom stereocenters. The first-order chi connectivity index (χ1) is 14.2. The molecule has 1 aromatic heterocycles. The molecular formula is C24H25N3O2S. The van der Waals surface area contributed by atoms with Crippen molar-refractivity contribution in [1.29, 1.82) is 0 Å². The van der Waals surface area contributed by atoms with E-state index in [0.717, 1.165) is 4.88 Å². The molecule has 0 unspecified atom stereocenters. The molecule has 6 heteroatoms. The number of nitrogens with one attached hydrogen (secondary N) is 2. The van der Waals surface area contributed by atoms with Crippen molar-refractivity contribution in [2.24, 2.45) is 5.10 Å². The molecule has 0 saturated carbocycles. The van der Waals surface area contributed by atoms with Gasteiger partial charge in [-0.25, -0.2) is 5.43 Å². The summed E-state index contributed by atoms with van der Waals surface area (Å²) >= 11 is 1.60. The summed E-state index contributed by atoms with van der Waals surface area (Å²) < 4.78 is 0. The van der Waals surface area contributed by atoms with Crippen molar-refractivity contribution in [3.8, 4) is 0 Å². The Balaban J connectivity index is 1.57. The highest BCUT2D eigenvalue weighted by molar-refractivity contribution is 7.13. The minimum Gasteiger partial charge on any atom is -0.322 e. The maximum atomic E-state index is 12.5. The molecule has 1 heterocycles. The van der Waals surface area contributed by atoms with Gasteiger partial charge in [0.2, 0.25) is 0 Å². The van der Waals surface area contributed by atoms with E-state index in [2.05, 4.69) is 36.6 Å². The minimum atomic E-state index is -0.310. The molecule has 0 aliphatic carbocycles. The van der Waals surface area contributed by atoms with Crippen molar-refractivity contribution in [3.63, 3.8) is 0 Å². The van der Waals surface area contributed by atoms with Crippen molar-refractivity contribution in [2.75, 3.05) is 5.32 Å². The van der Waals surface area contributed by atoms with Crippen molar-refractivity contribution < 1.29 is 9.59 Å². The zero-order chi connectivity index (χ0) is 21.7. The second-order valence-corrected chi connectivity index (χ2v) is 9.33. The van der Waals surface area contributed by atoms with Crippen LogP contribution in [0.5, 0.6) is 0 Å². The molecule has 0 fully saturated rings. The van der Waals surface area contributed by atoms with E-state index in [-0.39, 0.29) is 17.2 Å². The van der Waals surface area contributed by atoms with Gasteiger partial charge in [-0.05, 0) is 66.4 Å². The topological polar surface area (TPSA) is 70.6 Å². The number of amides is 2. The Bertz CT molecular complexity index is 1060. The van der Waals surface area contributed by atoms with Gasteiger partial charge >= 0.3 is 0 Å². The Morgan fingerprint density at radius 2 is 1.47 bits per heavy atom. The summed E-state index contributed by atoms with van der Waals surface area (Å²) in [7, 11) is 0. The number of hydrazone groups is 1. The van der Waals surface area contributed by atoms with E-state index < -0.39 is 0 Å². The first-order valence-electron chi connectivity index (χ1n) is 9.64. The van der Waals surface area contributed by atoms with Gasteiger partial charge in [-0.15, -0.1) is 11.3 Å². The Kier molecular flexibility index (Phi) is 6.47. The average molecular weight is 420 g/mol. The van der Waals surface area contributed by atoms with Crippen molar-refractivity contribution >= 4 is 35.1 Å². The summed E-state index contributed by atoms with van der Waals surface area (Å²) in [5.41, 5.74) is 5.39. The summed E-state index contributed by atoms with van der Waals surface area (Å²) in [5, 5.41) is 6.83. The molecule has 5 nitrogen and oxygen atoms in total. The van der Waals surface area contributed by atoms with E-state index in [0.29, 0.717) is 16.8 Å². The molecule has 0 saturated heterocycles. The van der Waals surface area contributed by atoms with E-state index in [1.807, 2.05) is 43.3 Å². The van der Waals surface area contributed by atoms with Gasteiger partial charge in [0.25, 0.3) is 11.8 Å². The summed E-state index contributed by atoms with van der Waals surface area (Å²) in [6.07, 6.45) is 1.62. The molecule has 0 bridgehead atoms. The van der Waals surface area contributed by atoms with E-state index >= 15 is 0 Å².